The molecule has 3 N–H and O–H groups in total. The summed E-state index contributed by atoms with van der Waals surface area (Å²) in [6.45, 7) is 4.68. The van der Waals surface area contributed by atoms with Crippen LogP contribution in [0.2, 0.25) is 0 Å². The molecule has 3 nitrogen and oxygen atoms in total. The Morgan fingerprint density at radius 2 is 1.78 bits per heavy atom. The molecule has 0 amide bonds. The maximum Gasteiger partial charge on any atom is 0.155 e. The van der Waals surface area contributed by atoms with Crippen LogP contribution >= 0.6 is 12.4 Å². The Hall–Kier alpha value is -0.120. The molecular weight excluding hydrogens is 310 g/mol. The zero-order valence-corrected chi connectivity index (χ0v) is 15.3. The molecule has 0 aromatic carbocycles. The summed E-state index contributed by atoms with van der Waals surface area (Å²) >= 11 is 0. The number of carbonyl (C=O) groups is 1. The molecule has 4 heteroatoms. The highest BCUT2D eigenvalue weighted by Gasteiger charge is 2.61. The van der Waals surface area contributed by atoms with Gasteiger partial charge in [0.15, 0.2) is 5.78 Å². The van der Waals surface area contributed by atoms with Crippen molar-refractivity contribution in [3.05, 3.63) is 0 Å². The number of fused-ring (bicyclic) bond motifs is 5. The second kappa shape index (κ2) is 5.71. The molecule has 0 aromatic heterocycles. The molecule has 0 heterocycles. The summed E-state index contributed by atoms with van der Waals surface area (Å²) in [6, 6.07) is -0.215. The average molecular weight is 342 g/mol. The van der Waals surface area contributed by atoms with Gasteiger partial charge in [0.25, 0.3) is 0 Å². The maximum absolute atomic E-state index is 12.6. The van der Waals surface area contributed by atoms with Crippen LogP contribution < -0.4 is 5.73 Å². The van der Waals surface area contributed by atoms with Crippen LogP contribution in [-0.4, -0.2) is 23.0 Å². The van der Waals surface area contributed by atoms with E-state index in [0.717, 1.165) is 31.6 Å². The first-order valence-electron chi connectivity index (χ1n) is 9.34. The largest absolute Gasteiger partial charge is 0.393 e. The molecule has 0 aromatic rings. The second-order valence-corrected chi connectivity index (χ2v) is 9.25. The van der Waals surface area contributed by atoms with Gasteiger partial charge >= 0.3 is 0 Å². The van der Waals surface area contributed by atoms with E-state index in [2.05, 4.69) is 13.8 Å². The molecule has 0 radical (unpaired) electrons. The van der Waals surface area contributed by atoms with Gasteiger partial charge in [-0.3, -0.25) is 4.79 Å². The lowest BCUT2D eigenvalue weighted by Crippen LogP contribution is -2.54. The quantitative estimate of drug-likeness (QED) is 0.710. The molecule has 0 saturated heterocycles. The Kier molecular flexibility index (Phi) is 4.39. The molecule has 0 spiro atoms. The van der Waals surface area contributed by atoms with Crippen LogP contribution in [0, 0.1) is 34.5 Å². The third-order valence-electron chi connectivity index (χ3n) is 8.44. The van der Waals surface area contributed by atoms with Crippen LogP contribution in [0.1, 0.15) is 65.2 Å². The molecule has 23 heavy (non-hydrogen) atoms. The Bertz CT molecular complexity index is 498. The van der Waals surface area contributed by atoms with Crippen molar-refractivity contribution < 1.29 is 9.90 Å². The second-order valence-electron chi connectivity index (χ2n) is 9.25. The molecule has 132 valence electrons. The fourth-order valence-electron chi connectivity index (χ4n) is 7.10. The first-order chi connectivity index (χ1) is 10.4. The van der Waals surface area contributed by atoms with Gasteiger partial charge in [-0.05, 0) is 80.5 Å². The molecule has 8 unspecified atom stereocenters. The van der Waals surface area contributed by atoms with Gasteiger partial charge in [-0.2, -0.15) is 0 Å². The summed E-state index contributed by atoms with van der Waals surface area (Å²) < 4.78 is 0. The van der Waals surface area contributed by atoms with Gasteiger partial charge in [-0.25, -0.2) is 0 Å². The highest BCUT2D eigenvalue weighted by Crippen LogP contribution is 2.65. The fourth-order valence-corrected chi connectivity index (χ4v) is 7.10. The third-order valence-corrected chi connectivity index (χ3v) is 8.44. The van der Waals surface area contributed by atoms with Crippen molar-refractivity contribution in [3.8, 4) is 0 Å². The van der Waals surface area contributed by atoms with Gasteiger partial charge in [0, 0.05) is 5.41 Å². The van der Waals surface area contributed by atoms with E-state index in [-0.39, 0.29) is 30.0 Å². The van der Waals surface area contributed by atoms with Gasteiger partial charge in [0.05, 0.1) is 12.1 Å². The number of aliphatic hydroxyl groups is 1. The Morgan fingerprint density at radius 3 is 2.52 bits per heavy atom. The number of nitrogens with two attached hydrogens (primary N) is 1. The fraction of sp³-hybridized carbons (Fsp3) is 0.947. The molecular formula is C19H32ClNO2. The molecule has 0 aliphatic heterocycles. The van der Waals surface area contributed by atoms with Crippen molar-refractivity contribution in [3.63, 3.8) is 0 Å². The van der Waals surface area contributed by atoms with E-state index in [0.29, 0.717) is 29.0 Å². The first-order valence-corrected chi connectivity index (χ1v) is 9.34. The lowest BCUT2D eigenvalue weighted by molar-refractivity contribution is -0.142. The molecule has 4 fully saturated rings. The van der Waals surface area contributed by atoms with Crippen molar-refractivity contribution >= 4 is 18.2 Å². The Balaban J connectivity index is 0.00000156. The first kappa shape index (κ1) is 17.7. The summed E-state index contributed by atoms with van der Waals surface area (Å²) in [7, 11) is 0. The number of ketones is 1. The molecule has 8 atom stereocenters. The van der Waals surface area contributed by atoms with Crippen molar-refractivity contribution in [2.75, 3.05) is 0 Å². The van der Waals surface area contributed by atoms with E-state index < -0.39 is 0 Å². The van der Waals surface area contributed by atoms with Crippen LogP contribution in [0.5, 0.6) is 0 Å². The van der Waals surface area contributed by atoms with Crippen molar-refractivity contribution in [1.82, 2.24) is 0 Å². The van der Waals surface area contributed by atoms with Gasteiger partial charge in [-0.15, -0.1) is 12.4 Å². The van der Waals surface area contributed by atoms with Crippen LogP contribution in [-0.2, 0) is 4.79 Å². The summed E-state index contributed by atoms with van der Waals surface area (Å²) in [5.74, 6) is 2.97. The van der Waals surface area contributed by atoms with E-state index in [1.54, 1.807) is 0 Å². The van der Waals surface area contributed by atoms with E-state index in [1.165, 1.54) is 25.7 Å². The Labute approximate surface area is 146 Å². The summed E-state index contributed by atoms with van der Waals surface area (Å²) in [4.78, 5) is 12.6. The number of aliphatic hydroxyl groups excluding tert-OH is 1. The van der Waals surface area contributed by atoms with Crippen molar-refractivity contribution in [2.45, 2.75) is 77.4 Å². The highest BCUT2D eigenvalue weighted by molar-refractivity contribution is 5.92. The highest BCUT2D eigenvalue weighted by atomic mass is 35.5. The lowest BCUT2D eigenvalue weighted by atomic mass is 9.45. The van der Waals surface area contributed by atoms with Gasteiger partial charge < -0.3 is 10.8 Å². The average Bonchev–Trinajstić information content (AvgIpc) is 2.72. The van der Waals surface area contributed by atoms with Crippen LogP contribution in [0.15, 0.2) is 0 Å². The summed E-state index contributed by atoms with van der Waals surface area (Å²) in [5, 5.41) is 10.1. The van der Waals surface area contributed by atoms with Crippen LogP contribution in [0.3, 0.4) is 0 Å². The van der Waals surface area contributed by atoms with Crippen LogP contribution in [0.4, 0.5) is 0 Å². The standard InChI is InChI=1S/C19H31NO2.ClH/c1-18-7-5-12(21)9-11(18)3-4-13-14(18)6-8-19(2)15(13)10-16(20)17(19)22;/h11-16,21H,3-10,20H2,1-2H3;1H. The predicted octanol–water partition coefficient (Wildman–Crippen LogP) is 3.32. The summed E-state index contributed by atoms with van der Waals surface area (Å²) in [5.41, 5.74) is 6.39. The Morgan fingerprint density at radius 1 is 1.04 bits per heavy atom. The topological polar surface area (TPSA) is 63.3 Å². The molecule has 4 saturated carbocycles. The number of halogens is 1. The smallest absolute Gasteiger partial charge is 0.155 e. The number of carbonyl (C=O) groups excluding carboxylic acids is 1. The minimum absolute atomic E-state index is 0. The maximum atomic E-state index is 12.6. The zero-order chi connectivity index (χ0) is 15.7. The summed E-state index contributed by atoms with van der Waals surface area (Å²) in [6.07, 6.45) is 8.70. The van der Waals surface area contributed by atoms with Crippen LogP contribution in [0.25, 0.3) is 0 Å². The minimum Gasteiger partial charge on any atom is -0.393 e. The number of rotatable bonds is 0. The number of hydrogen-bond donors (Lipinski definition) is 2. The number of Topliss-reactive ketones (excluding diaryl/α,β-unsaturated/α-hetero) is 1. The van der Waals surface area contributed by atoms with E-state index >= 15 is 0 Å². The lowest BCUT2D eigenvalue weighted by Gasteiger charge is -2.60. The predicted molar refractivity (Wildman–Crippen MR) is 93.3 cm³/mol. The van der Waals surface area contributed by atoms with Gasteiger partial charge in [-0.1, -0.05) is 13.8 Å². The van der Waals surface area contributed by atoms with Crippen molar-refractivity contribution in [1.29, 1.82) is 0 Å². The van der Waals surface area contributed by atoms with E-state index in [4.69, 9.17) is 5.73 Å². The van der Waals surface area contributed by atoms with E-state index in [1.807, 2.05) is 0 Å². The van der Waals surface area contributed by atoms with Gasteiger partial charge in [0.2, 0.25) is 0 Å². The normalized spacial score (nSPS) is 55.4. The molecule has 0 bridgehead atoms. The molecule has 4 aliphatic rings. The van der Waals surface area contributed by atoms with E-state index in [9.17, 15) is 9.90 Å². The molecule has 4 rings (SSSR count). The third kappa shape index (κ3) is 2.33. The SMILES string of the molecule is CC12CCC3C(CCC4CC(O)CCC43C)C1CC(N)C2=O.Cl. The molecule has 4 aliphatic carbocycles. The minimum atomic E-state index is -0.215. The number of hydrogen-bond acceptors (Lipinski definition) is 3. The van der Waals surface area contributed by atoms with Gasteiger partial charge in [0.1, 0.15) is 0 Å². The van der Waals surface area contributed by atoms with Crippen molar-refractivity contribution in [2.24, 2.45) is 40.2 Å². The zero-order valence-electron chi connectivity index (χ0n) is 14.5. The monoisotopic (exact) mass is 341 g/mol.